The van der Waals surface area contributed by atoms with Crippen LogP contribution in [0.15, 0.2) is 5.51 Å². The molecule has 0 spiro atoms. The molecule has 0 bridgehead atoms. The first kappa shape index (κ1) is 8.04. The Morgan fingerprint density at radius 3 is 2.58 bits per heavy atom. The number of nitrogens with zero attached hydrogens (tertiary/aromatic N) is 2. The van der Waals surface area contributed by atoms with Gasteiger partial charge in [0.1, 0.15) is 10.5 Å². The molecular weight excluding hydrogens is 182 g/mol. The van der Waals surface area contributed by atoms with Crippen LogP contribution >= 0.6 is 11.3 Å². The second kappa shape index (κ2) is 2.22. The molecule has 12 heavy (non-hydrogen) atoms. The SMILES string of the molecule is CC1(c2nncs2)CC(F)(F)C1. The maximum atomic E-state index is 12.6. The van der Waals surface area contributed by atoms with Crippen molar-refractivity contribution in [3.63, 3.8) is 0 Å². The summed E-state index contributed by atoms with van der Waals surface area (Å²) in [5.74, 6) is -2.49. The lowest BCUT2D eigenvalue weighted by Crippen LogP contribution is -2.47. The van der Waals surface area contributed by atoms with E-state index in [0.29, 0.717) is 0 Å². The zero-order valence-electron chi connectivity index (χ0n) is 6.55. The zero-order chi connectivity index (χ0) is 8.82. The monoisotopic (exact) mass is 190 g/mol. The highest BCUT2D eigenvalue weighted by molar-refractivity contribution is 7.09. The van der Waals surface area contributed by atoms with Crippen LogP contribution in [0.3, 0.4) is 0 Å². The largest absolute Gasteiger partial charge is 0.250 e. The van der Waals surface area contributed by atoms with Crippen LogP contribution in [0.25, 0.3) is 0 Å². The summed E-state index contributed by atoms with van der Waals surface area (Å²) in [5.41, 5.74) is 1.15. The molecule has 1 aromatic rings. The van der Waals surface area contributed by atoms with E-state index in [1.54, 1.807) is 5.51 Å². The lowest BCUT2D eigenvalue weighted by atomic mass is 9.68. The first-order valence-corrected chi connectivity index (χ1v) is 4.54. The molecular formula is C7H8F2N2S. The Morgan fingerprint density at radius 1 is 1.50 bits per heavy atom. The third kappa shape index (κ3) is 1.12. The van der Waals surface area contributed by atoms with Crippen LogP contribution in [-0.2, 0) is 5.41 Å². The molecule has 1 aliphatic rings. The van der Waals surface area contributed by atoms with Crippen molar-refractivity contribution in [2.75, 3.05) is 0 Å². The van der Waals surface area contributed by atoms with Crippen molar-refractivity contribution in [3.8, 4) is 0 Å². The van der Waals surface area contributed by atoms with Crippen LogP contribution in [0.4, 0.5) is 8.78 Å². The van der Waals surface area contributed by atoms with Gasteiger partial charge in [-0.05, 0) is 0 Å². The molecule has 2 rings (SSSR count). The standard InChI is InChI=1S/C7H8F2N2S/c1-6(2-7(8,9)3-6)5-11-10-4-12-5/h4H,2-3H2,1H3. The minimum atomic E-state index is -2.49. The maximum Gasteiger partial charge on any atom is 0.250 e. The minimum Gasteiger partial charge on any atom is -0.207 e. The summed E-state index contributed by atoms with van der Waals surface area (Å²) in [6, 6.07) is 0. The average Bonchev–Trinajstić information content (AvgIpc) is 2.31. The maximum absolute atomic E-state index is 12.6. The summed E-state index contributed by atoms with van der Waals surface area (Å²) in [7, 11) is 0. The molecule has 0 aliphatic heterocycles. The van der Waals surface area contributed by atoms with Crippen LogP contribution in [-0.4, -0.2) is 16.1 Å². The Morgan fingerprint density at radius 2 is 2.17 bits per heavy atom. The average molecular weight is 190 g/mol. The summed E-state index contributed by atoms with van der Waals surface area (Å²) < 4.78 is 25.2. The van der Waals surface area contributed by atoms with Crippen LogP contribution in [0.5, 0.6) is 0 Å². The molecule has 2 nitrogen and oxygen atoms in total. The van der Waals surface area contributed by atoms with Crippen molar-refractivity contribution >= 4 is 11.3 Å². The van der Waals surface area contributed by atoms with E-state index in [-0.39, 0.29) is 12.8 Å². The Labute approximate surface area is 72.6 Å². The highest BCUT2D eigenvalue weighted by Crippen LogP contribution is 2.53. The highest BCUT2D eigenvalue weighted by Gasteiger charge is 2.55. The Kier molecular flexibility index (Phi) is 1.49. The molecule has 0 atom stereocenters. The van der Waals surface area contributed by atoms with E-state index < -0.39 is 11.3 Å². The lowest BCUT2D eigenvalue weighted by Gasteiger charge is -2.42. The molecule has 0 N–H and O–H groups in total. The summed E-state index contributed by atoms with van der Waals surface area (Å²) >= 11 is 1.35. The molecule has 0 saturated heterocycles. The molecule has 0 amide bonds. The zero-order valence-corrected chi connectivity index (χ0v) is 7.37. The van der Waals surface area contributed by atoms with Gasteiger partial charge in [-0.1, -0.05) is 6.92 Å². The molecule has 0 unspecified atom stereocenters. The van der Waals surface area contributed by atoms with E-state index in [9.17, 15) is 8.78 Å². The van der Waals surface area contributed by atoms with E-state index in [0.717, 1.165) is 5.01 Å². The smallest absolute Gasteiger partial charge is 0.207 e. The van der Waals surface area contributed by atoms with Crippen LogP contribution in [0.2, 0.25) is 0 Å². The van der Waals surface area contributed by atoms with Crippen molar-refractivity contribution in [2.45, 2.75) is 31.1 Å². The summed E-state index contributed by atoms with van der Waals surface area (Å²) in [5, 5.41) is 8.18. The van der Waals surface area contributed by atoms with Gasteiger partial charge in [0.25, 0.3) is 0 Å². The molecule has 0 radical (unpaired) electrons. The molecule has 1 heterocycles. The molecule has 1 saturated carbocycles. The number of alkyl halides is 2. The number of hydrogen-bond donors (Lipinski definition) is 0. The predicted molar refractivity (Wildman–Crippen MR) is 41.4 cm³/mol. The summed E-state index contributed by atoms with van der Waals surface area (Å²) in [6.07, 6.45) is -0.176. The number of aromatic nitrogens is 2. The minimum absolute atomic E-state index is 0.0881. The first-order chi connectivity index (χ1) is 5.52. The second-order valence-corrected chi connectivity index (χ2v) is 4.35. The van der Waals surface area contributed by atoms with Crippen molar-refractivity contribution in [1.82, 2.24) is 10.2 Å². The van der Waals surface area contributed by atoms with E-state index in [1.165, 1.54) is 11.3 Å². The Balaban J connectivity index is 2.18. The molecule has 1 aliphatic carbocycles. The molecule has 66 valence electrons. The second-order valence-electron chi connectivity index (χ2n) is 3.51. The van der Waals surface area contributed by atoms with Gasteiger partial charge in [-0.25, -0.2) is 8.78 Å². The van der Waals surface area contributed by atoms with Crippen LogP contribution < -0.4 is 0 Å². The highest BCUT2D eigenvalue weighted by atomic mass is 32.1. The van der Waals surface area contributed by atoms with E-state index in [1.807, 2.05) is 6.92 Å². The van der Waals surface area contributed by atoms with Crippen molar-refractivity contribution in [2.24, 2.45) is 0 Å². The summed E-state index contributed by atoms with van der Waals surface area (Å²) in [4.78, 5) is 0. The van der Waals surface area contributed by atoms with Crippen molar-refractivity contribution < 1.29 is 8.78 Å². The predicted octanol–water partition coefficient (Wildman–Crippen LogP) is 2.22. The van der Waals surface area contributed by atoms with E-state index in [4.69, 9.17) is 0 Å². The van der Waals surface area contributed by atoms with Crippen LogP contribution in [0.1, 0.15) is 24.8 Å². The number of halogens is 2. The number of rotatable bonds is 1. The third-order valence-electron chi connectivity index (χ3n) is 2.17. The van der Waals surface area contributed by atoms with Gasteiger partial charge in [0, 0.05) is 18.3 Å². The number of hydrogen-bond acceptors (Lipinski definition) is 3. The lowest BCUT2D eigenvalue weighted by molar-refractivity contribution is -0.121. The molecule has 1 fully saturated rings. The molecule has 5 heteroatoms. The Hall–Kier alpha value is -0.580. The van der Waals surface area contributed by atoms with Gasteiger partial charge in [-0.3, -0.25) is 0 Å². The van der Waals surface area contributed by atoms with Gasteiger partial charge in [0.15, 0.2) is 0 Å². The summed E-state index contributed by atoms with van der Waals surface area (Å²) in [6.45, 7) is 1.81. The van der Waals surface area contributed by atoms with Gasteiger partial charge in [0.05, 0.1) is 0 Å². The van der Waals surface area contributed by atoms with Gasteiger partial charge >= 0.3 is 0 Å². The topological polar surface area (TPSA) is 25.8 Å². The van der Waals surface area contributed by atoms with Gasteiger partial charge in [-0.2, -0.15) is 0 Å². The molecule has 0 aromatic carbocycles. The van der Waals surface area contributed by atoms with E-state index in [2.05, 4.69) is 10.2 Å². The first-order valence-electron chi connectivity index (χ1n) is 3.66. The fraction of sp³-hybridized carbons (Fsp3) is 0.714. The van der Waals surface area contributed by atoms with Gasteiger partial charge in [0.2, 0.25) is 5.92 Å². The Bertz CT molecular complexity index is 276. The van der Waals surface area contributed by atoms with Gasteiger partial charge < -0.3 is 0 Å². The molecule has 1 aromatic heterocycles. The van der Waals surface area contributed by atoms with Crippen molar-refractivity contribution in [1.29, 1.82) is 0 Å². The van der Waals surface area contributed by atoms with E-state index >= 15 is 0 Å². The fourth-order valence-corrected chi connectivity index (χ4v) is 2.39. The normalized spacial score (nSPS) is 24.9. The third-order valence-corrected chi connectivity index (χ3v) is 3.17. The van der Waals surface area contributed by atoms with Gasteiger partial charge in [-0.15, -0.1) is 21.5 Å². The quantitative estimate of drug-likeness (QED) is 0.678. The fourth-order valence-electron chi connectivity index (χ4n) is 1.68. The van der Waals surface area contributed by atoms with Crippen molar-refractivity contribution in [3.05, 3.63) is 10.5 Å². The van der Waals surface area contributed by atoms with Crippen LogP contribution in [0, 0.1) is 0 Å².